The summed E-state index contributed by atoms with van der Waals surface area (Å²) in [6.45, 7) is 0. The fourth-order valence-corrected chi connectivity index (χ4v) is 7.85. The van der Waals surface area contributed by atoms with E-state index in [9.17, 15) is 14.4 Å². The van der Waals surface area contributed by atoms with Gasteiger partial charge in [-0.25, -0.2) is 4.98 Å². The molecule has 44 heavy (non-hydrogen) atoms. The van der Waals surface area contributed by atoms with E-state index < -0.39 is 18.1 Å². The van der Waals surface area contributed by atoms with Crippen molar-refractivity contribution >= 4 is 63.7 Å². The number of thiocarbonyl (C=S) groups is 1. The summed E-state index contributed by atoms with van der Waals surface area (Å²) < 4.78 is 6.57. The molecule has 3 amide bonds. The minimum atomic E-state index is -0.698. The molecule has 0 radical (unpaired) electrons. The van der Waals surface area contributed by atoms with Crippen LogP contribution in [0.2, 0.25) is 0 Å². The molecule has 0 unspecified atom stereocenters. The van der Waals surface area contributed by atoms with E-state index in [0.717, 1.165) is 22.3 Å². The minimum absolute atomic E-state index is 0.0120. The Hall–Kier alpha value is -4.32. The quantitative estimate of drug-likeness (QED) is 0.192. The summed E-state index contributed by atoms with van der Waals surface area (Å²) in [4.78, 5) is 44.4. The molecule has 6 rings (SSSR count). The van der Waals surface area contributed by atoms with E-state index in [-0.39, 0.29) is 35.1 Å². The molecule has 0 aliphatic carbocycles. The van der Waals surface area contributed by atoms with Crippen LogP contribution in [0.4, 0.5) is 0 Å². The average Bonchev–Trinajstić information content (AvgIpc) is 3.50. The van der Waals surface area contributed by atoms with E-state index in [1.165, 1.54) is 23.1 Å². The summed E-state index contributed by atoms with van der Waals surface area (Å²) in [7, 11) is 0. The maximum absolute atomic E-state index is 13.7. The summed E-state index contributed by atoms with van der Waals surface area (Å²) in [6, 6.07) is 28.2. The van der Waals surface area contributed by atoms with Gasteiger partial charge in [-0.1, -0.05) is 91.0 Å². The fourth-order valence-electron chi connectivity index (χ4n) is 5.23. The second kappa shape index (κ2) is 13.1. The van der Waals surface area contributed by atoms with Gasteiger partial charge in [-0.05, 0) is 28.9 Å². The first-order valence-corrected chi connectivity index (χ1v) is 16.3. The molecular formula is C33H28N4O4S3. The lowest BCUT2D eigenvalue weighted by atomic mass is 10.0. The first kappa shape index (κ1) is 29.7. The zero-order valence-corrected chi connectivity index (χ0v) is 25.9. The van der Waals surface area contributed by atoms with E-state index in [4.69, 9.17) is 22.7 Å². The van der Waals surface area contributed by atoms with Crippen molar-refractivity contribution in [2.24, 2.45) is 5.73 Å². The summed E-state index contributed by atoms with van der Waals surface area (Å²) >= 11 is 8.85. The van der Waals surface area contributed by atoms with Gasteiger partial charge in [-0.15, -0.1) is 23.1 Å². The predicted molar refractivity (Wildman–Crippen MR) is 176 cm³/mol. The number of nitrogens with two attached hydrogens (primary N) is 1. The lowest BCUT2D eigenvalue weighted by Gasteiger charge is -2.50. The standard InChI is InChI=1S/C33H28N4O4S3/c34-25(38)17-23-18-43-30(35-23)24-19-44-32-27(36-26(39)16-20-10-4-1-5-11-20)31(40)37(32)28(24)33(42)41-29(21-12-6-2-7-13-21)22-14-8-3-9-15-22/h1-15,18,27,29,32H,16-17,19H2,(H2,34,38)(H,36,39)/t27-,32-/m1/s1. The molecular weight excluding hydrogens is 613 g/mol. The van der Waals surface area contributed by atoms with Gasteiger partial charge in [0.2, 0.25) is 16.9 Å². The average molecular weight is 641 g/mol. The number of carbonyl (C=O) groups is 3. The van der Waals surface area contributed by atoms with Crippen molar-refractivity contribution in [2.75, 3.05) is 5.75 Å². The van der Waals surface area contributed by atoms with E-state index >= 15 is 0 Å². The Labute approximate surface area is 268 Å². The molecule has 3 N–H and O–H groups in total. The molecule has 2 atom stereocenters. The van der Waals surface area contributed by atoms with Crippen LogP contribution in [0.15, 0.2) is 102 Å². The topological polar surface area (TPSA) is 115 Å². The smallest absolute Gasteiger partial charge is 0.253 e. The van der Waals surface area contributed by atoms with Crippen molar-refractivity contribution in [2.45, 2.75) is 30.4 Å². The van der Waals surface area contributed by atoms with E-state index in [1.807, 2.05) is 91.0 Å². The Morgan fingerprint density at radius 2 is 1.59 bits per heavy atom. The SMILES string of the molecule is NC(=O)Cc1csc(C2=C(C(=S)OC(c3ccccc3)c3ccccc3)N3C(=O)[C@@H](NC(=O)Cc4ccccc4)[C@H]3SC2)n1. The highest BCUT2D eigenvalue weighted by Crippen LogP contribution is 2.45. The van der Waals surface area contributed by atoms with E-state index in [0.29, 0.717) is 22.2 Å². The molecule has 8 nitrogen and oxygen atoms in total. The summed E-state index contributed by atoms with van der Waals surface area (Å²) in [5.41, 5.74) is 9.83. The lowest BCUT2D eigenvalue weighted by Crippen LogP contribution is -2.70. The zero-order chi connectivity index (χ0) is 30.6. The lowest BCUT2D eigenvalue weighted by molar-refractivity contribution is -0.145. The van der Waals surface area contributed by atoms with Crippen LogP contribution in [0, 0.1) is 0 Å². The largest absolute Gasteiger partial charge is 0.469 e. The molecule has 0 saturated carbocycles. The number of β-lactam (4-membered cyclic amide) rings is 1. The zero-order valence-electron chi connectivity index (χ0n) is 23.4. The first-order valence-electron chi connectivity index (χ1n) is 13.9. The Morgan fingerprint density at radius 1 is 0.977 bits per heavy atom. The predicted octanol–water partition coefficient (Wildman–Crippen LogP) is 4.66. The number of nitrogens with one attached hydrogen (secondary N) is 1. The Bertz CT molecular complexity index is 1690. The van der Waals surface area contributed by atoms with E-state index in [2.05, 4.69) is 10.3 Å². The van der Waals surface area contributed by atoms with Crippen molar-refractivity contribution in [1.29, 1.82) is 0 Å². The summed E-state index contributed by atoms with van der Waals surface area (Å²) in [6.07, 6.45) is -0.334. The van der Waals surface area contributed by atoms with Crippen LogP contribution in [-0.2, 0) is 32.0 Å². The van der Waals surface area contributed by atoms with Crippen LogP contribution in [0.1, 0.15) is 33.5 Å². The number of thiazole rings is 1. The van der Waals surface area contributed by atoms with Crippen molar-refractivity contribution in [3.8, 4) is 0 Å². The van der Waals surface area contributed by atoms with Gasteiger partial charge in [-0.2, -0.15) is 0 Å². The highest BCUT2D eigenvalue weighted by Gasteiger charge is 2.54. The van der Waals surface area contributed by atoms with Crippen LogP contribution in [0.3, 0.4) is 0 Å². The second-order valence-corrected chi connectivity index (χ2v) is 12.7. The number of rotatable bonds is 10. The third-order valence-corrected chi connectivity index (χ3v) is 9.80. The van der Waals surface area contributed by atoms with Crippen LogP contribution in [-0.4, -0.2) is 49.8 Å². The highest BCUT2D eigenvalue weighted by molar-refractivity contribution is 8.00. The van der Waals surface area contributed by atoms with Gasteiger partial charge in [-0.3, -0.25) is 19.3 Å². The van der Waals surface area contributed by atoms with Gasteiger partial charge in [0.05, 0.1) is 18.5 Å². The number of fused-ring (bicyclic) bond motifs is 1. The number of amides is 3. The molecule has 2 aliphatic rings. The fraction of sp³-hybridized carbons (Fsp3) is 0.182. The number of hydrogen-bond acceptors (Lipinski definition) is 8. The number of thioether (sulfide) groups is 1. The molecule has 1 aromatic heterocycles. The van der Waals surface area contributed by atoms with Crippen LogP contribution in [0.25, 0.3) is 5.57 Å². The van der Waals surface area contributed by atoms with Gasteiger partial charge in [0.25, 0.3) is 5.91 Å². The van der Waals surface area contributed by atoms with E-state index in [1.54, 1.807) is 10.3 Å². The number of primary amides is 1. The maximum atomic E-state index is 13.7. The molecule has 11 heteroatoms. The van der Waals surface area contributed by atoms with Crippen LogP contribution in [0.5, 0.6) is 0 Å². The van der Waals surface area contributed by atoms with Crippen molar-refractivity contribution in [3.63, 3.8) is 0 Å². The molecule has 0 spiro atoms. The maximum Gasteiger partial charge on any atom is 0.253 e. The Morgan fingerprint density at radius 3 is 2.20 bits per heavy atom. The number of aromatic nitrogens is 1. The molecule has 1 fully saturated rings. The molecule has 2 aliphatic heterocycles. The first-order chi connectivity index (χ1) is 21.4. The van der Waals surface area contributed by atoms with Gasteiger partial charge in [0.1, 0.15) is 28.2 Å². The molecule has 4 aromatic rings. The molecule has 1 saturated heterocycles. The summed E-state index contributed by atoms with van der Waals surface area (Å²) in [5, 5.41) is 5.13. The van der Waals surface area contributed by atoms with Gasteiger partial charge < -0.3 is 15.8 Å². The van der Waals surface area contributed by atoms with Crippen molar-refractivity contribution in [3.05, 3.63) is 129 Å². The number of ether oxygens (including phenoxy) is 1. The van der Waals surface area contributed by atoms with Crippen LogP contribution < -0.4 is 11.1 Å². The second-order valence-electron chi connectivity index (χ2n) is 10.3. The number of hydrogen-bond donors (Lipinski definition) is 2. The molecule has 3 heterocycles. The number of benzene rings is 3. The third kappa shape index (κ3) is 6.30. The Kier molecular flexibility index (Phi) is 8.87. The molecule has 222 valence electrons. The molecule has 0 bridgehead atoms. The number of carbonyl (C=O) groups excluding carboxylic acids is 3. The Balaban J connectivity index is 1.32. The van der Waals surface area contributed by atoms with Gasteiger partial charge >= 0.3 is 0 Å². The highest BCUT2D eigenvalue weighted by atomic mass is 32.2. The van der Waals surface area contributed by atoms with Crippen LogP contribution >= 0.6 is 35.3 Å². The van der Waals surface area contributed by atoms with Gasteiger partial charge in [0.15, 0.2) is 0 Å². The van der Waals surface area contributed by atoms with Gasteiger partial charge in [0, 0.05) is 16.7 Å². The monoisotopic (exact) mass is 640 g/mol. The van der Waals surface area contributed by atoms with Crippen molar-refractivity contribution < 1.29 is 19.1 Å². The number of nitrogens with zero attached hydrogens (tertiary/aromatic N) is 2. The normalized spacial score (nSPS) is 17.6. The molecule has 3 aromatic carbocycles. The van der Waals surface area contributed by atoms with Crippen molar-refractivity contribution in [1.82, 2.24) is 15.2 Å². The minimum Gasteiger partial charge on any atom is -0.469 e. The third-order valence-electron chi connectivity index (χ3n) is 7.28. The summed E-state index contributed by atoms with van der Waals surface area (Å²) in [5.74, 6) is -0.502.